The molecule has 3 aromatic rings. The smallest absolute Gasteiger partial charge is 0.416 e. The molecule has 26 heavy (non-hydrogen) atoms. The van der Waals surface area contributed by atoms with Gasteiger partial charge >= 0.3 is 12.5 Å². The molecule has 0 N–H and O–H groups in total. The number of benzene rings is 2. The van der Waals surface area contributed by atoms with Crippen LogP contribution >= 0.6 is 0 Å². The van der Waals surface area contributed by atoms with E-state index >= 15 is 0 Å². The van der Waals surface area contributed by atoms with Crippen LogP contribution in [-0.2, 0) is 6.18 Å². The molecular formula is C16H8F6N2O2. The predicted octanol–water partition coefficient (Wildman–Crippen LogP) is 5.32. The lowest BCUT2D eigenvalue weighted by Gasteiger charge is -2.08. The van der Waals surface area contributed by atoms with Crippen LogP contribution in [-0.4, -0.2) is 16.6 Å². The average molecular weight is 374 g/mol. The molecule has 136 valence electrons. The molecule has 2 aromatic carbocycles. The van der Waals surface area contributed by atoms with Crippen molar-refractivity contribution in [2.45, 2.75) is 12.5 Å². The molecule has 0 amide bonds. The average Bonchev–Trinajstić information content (AvgIpc) is 3.03. The maximum absolute atomic E-state index is 12.6. The van der Waals surface area contributed by atoms with E-state index in [0.29, 0.717) is 5.56 Å². The van der Waals surface area contributed by atoms with Crippen LogP contribution in [0.15, 0.2) is 52.9 Å². The third-order valence-electron chi connectivity index (χ3n) is 3.22. The van der Waals surface area contributed by atoms with Crippen molar-refractivity contribution in [1.29, 1.82) is 0 Å². The number of hydrogen-bond acceptors (Lipinski definition) is 4. The number of rotatable bonds is 3. The highest BCUT2D eigenvalue weighted by Gasteiger charge is 2.31. The van der Waals surface area contributed by atoms with Crippen molar-refractivity contribution in [2.75, 3.05) is 0 Å². The van der Waals surface area contributed by atoms with Crippen LogP contribution in [0, 0.1) is 0 Å². The van der Waals surface area contributed by atoms with E-state index in [-0.39, 0.29) is 17.3 Å². The van der Waals surface area contributed by atoms with E-state index in [9.17, 15) is 26.3 Å². The molecule has 0 aliphatic carbocycles. The van der Waals surface area contributed by atoms with Gasteiger partial charge in [-0.1, -0.05) is 0 Å². The van der Waals surface area contributed by atoms with Crippen molar-refractivity contribution in [1.82, 2.24) is 10.2 Å². The molecule has 0 bridgehead atoms. The Bertz CT molecular complexity index is 883. The molecular weight excluding hydrogens is 366 g/mol. The van der Waals surface area contributed by atoms with E-state index in [2.05, 4.69) is 14.9 Å². The molecule has 10 heteroatoms. The van der Waals surface area contributed by atoms with E-state index in [0.717, 1.165) is 24.3 Å². The van der Waals surface area contributed by atoms with Crippen LogP contribution in [0.4, 0.5) is 26.3 Å². The van der Waals surface area contributed by atoms with E-state index in [1.54, 1.807) is 0 Å². The highest BCUT2D eigenvalue weighted by atomic mass is 19.4. The Balaban J connectivity index is 1.79. The highest BCUT2D eigenvalue weighted by molar-refractivity contribution is 5.58. The Morgan fingerprint density at radius 1 is 0.692 bits per heavy atom. The van der Waals surface area contributed by atoms with Crippen molar-refractivity contribution in [3.8, 4) is 28.7 Å². The van der Waals surface area contributed by atoms with Crippen molar-refractivity contribution >= 4 is 0 Å². The zero-order chi connectivity index (χ0) is 18.9. The first-order chi connectivity index (χ1) is 12.1. The molecule has 1 aromatic heterocycles. The SMILES string of the molecule is FC(F)(F)Oc1ccc(-c2nnc(-c3ccc(C(F)(F)F)cc3)o2)cc1. The normalized spacial score (nSPS) is 12.2. The van der Waals surface area contributed by atoms with Gasteiger partial charge in [0.25, 0.3) is 0 Å². The minimum absolute atomic E-state index is 0.00143. The van der Waals surface area contributed by atoms with Gasteiger partial charge in [0.1, 0.15) is 5.75 Å². The second-order valence-electron chi connectivity index (χ2n) is 5.06. The molecule has 0 aliphatic rings. The van der Waals surface area contributed by atoms with Gasteiger partial charge in [0.2, 0.25) is 11.8 Å². The van der Waals surface area contributed by atoms with Crippen LogP contribution in [0.2, 0.25) is 0 Å². The Morgan fingerprint density at radius 3 is 1.58 bits per heavy atom. The Hall–Kier alpha value is -3.04. The summed E-state index contributed by atoms with van der Waals surface area (Å²) in [7, 11) is 0. The molecule has 3 rings (SSSR count). The van der Waals surface area contributed by atoms with E-state index in [1.807, 2.05) is 0 Å². The lowest BCUT2D eigenvalue weighted by Crippen LogP contribution is -2.16. The fourth-order valence-corrected chi connectivity index (χ4v) is 2.06. The minimum Gasteiger partial charge on any atom is -0.416 e. The Labute approximate surface area is 142 Å². The monoisotopic (exact) mass is 374 g/mol. The number of hydrogen-bond donors (Lipinski definition) is 0. The summed E-state index contributed by atoms with van der Waals surface area (Å²) >= 11 is 0. The molecule has 0 unspecified atom stereocenters. The zero-order valence-corrected chi connectivity index (χ0v) is 12.6. The van der Waals surface area contributed by atoms with Gasteiger partial charge in [-0.3, -0.25) is 0 Å². The van der Waals surface area contributed by atoms with Gasteiger partial charge in [-0.05, 0) is 48.5 Å². The number of alkyl halides is 6. The Kier molecular flexibility index (Phi) is 4.34. The standard InChI is InChI=1S/C16H8F6N2O2/c17-15(18,19)11-5-1-9(2-6-11)13-23-24-14(25-13)10-3-7-12(8-4-10)26-16(20,21)22/h1-8H. The van der Waals surface area contributed by atoms with Crippen molar-refractivity contribution in [2.24, 2.45) is 0 Å². The summed E-state index contributed by atoms with van der Waals surface area (Å²) in [5.74, 6) is -0.438. The number of ether oxygens (including phenoxy) is 1. The molecule has 0 saturated carbocycles. The summed E-state index contributed by atoms with van der Waals surface area (Å²) in [6.45, 7) is 0. The summed E-state index contributed by atoms with van der Waals surface area (Å²) < 4.78 is 83.1. The van der Waals surface area contributed by atoms with Crippen LogP contribution in [0.5, 0.6) is 5.75 Å². The number of halogens is 6. The van der Waals surface area contributed by atoms with Crippen LogP contribution < -0.4 is 4.74 Å². The van der Waals surface area contributed by atoms with Crippen molar-refractivity contribution in [3.05, 3.63) is 54.1 Å². The van der Waals surface area contributed by atoms with Crippen LogP contribution in [0.25, 0.3) is 22.9 Å². The van der Waals surface area contributed by atoms with E-state index in [4.69, 9.17) is 4.42 Å². The fourth-order valence-electron chi connectivity index (χ4n) is 2.06. The van der Waals surface area contributed by atoms with E-state index in [1.165, 1.54) is 24.3 Å². The van der Waals surface area contributed by atoms with Gasteiger partial charge < -0.3 is 9.15 Å². The Morgan fingerprint density at radius 2 is 1.15 bits per heavy atom. The van der Waals surface area contributed by atoms with Gasteiger partial charge in [-0.2, -0.15) is 13.2 Å². The number of nitrogens with zero attached hydrogens (tertiary/aromatic N) is 2. The summed E-state index contributed by atoms with van der Waals surface area (Å²) in [5, 5.41) is 7.46. The predicted molar refractivity (Wildman–Crippen MR) is 76.9 cm³/mol. The molecule has 0 fully saturated rings. The lowest BCUT2D eigenvalue weighted by molar-refractivity contribution is -0.274. The third kappa shape index (κ3) is 4.13. The summed E-state index contributed by atoms with van der Waals surface area (Å²) in [5.41, 5.74) is -0.222. The van der Waals surface area contributed by atoms with Gasteiger partial charge in [-0.15, -0.1) is 23.4 Å². The maximum Gasteiger partial charge on any atom is 0.573 e. The first-order valence-electron chi connectivity index (χ1n) is 6.99. The summed E-state index contributed by atoms with van der Waals surface area (Å²) in [6, 6.07) is 8.83. The fraction of sp³-hybridized carbons (Fsp3) is 0.125. The van der Waals surface area contributed by atoms with Crippen molar-refractivity contribution < 1.29 is 35.5 Å². The molecule has 0 saturated heterocycles. The first-order valence-corrected chi connectivity index (χ1v) is 6.99. The second-order valence-corrected chi connectivity index (χ2v) is 5.06. The molecule has 4 nitrogen and oxygen atoms in total. The van der Waals surface area contributed by atoms with Crippen LogP contribution in [0.1, 0.15) is 5.56 Å². The van der Waals surface area contributed by atoms with E-state index < -0.39 is 23.9 Å². The maximum atomic E-state index is 12.6. The summed E-state index contributed by atoms with van der Waals surface area (Å²) in [6.07, 6.45) is -9.26. The van der Waals surface area contributed by atoms with Crippen molar-refractivity contribution in [3.63, 3.8) is 0 Å². The zero-order valence-electron chi connectivity index (χ0n) is 12.6. The van der Waals surface area contributed by atoms with Gasteiger partial charge in [0.15, 0.2) is 0 Å². The third-order valence-corrected chi connectivity index (χ3v) is 3.22. The molecule has 0 radical (unpaired) electrons. The largest absolute Gasteiger partial charge is 0.573 e. The minimum atomic E-state index is -4.80. The number of aromatic nitrogens is 2. The molecule has 1 heterocycles. The molecule has 0 atom stereocenters. The topological polar surface area (TPSA) is 48.2 Å². The molecule has 0 aliphatic heterocycles. The second kappa shape index (κ2) is 6.36. The lowest BCUT2D eigenvalue weighted by atomic mass is 10.1. The first kappa shape index (κ1) is 17.8. The highest BCUT2D eigenvalue weighted by Crippen LogP contribution is 2.32. The summed E-state index contributed by atoms with van der Waals surface area (Å²) in [4.78, 5) is 0. The van der Waals surface area contributed by atoms with Gasteiger partial charge in [-0.25, -0.2) is 0 Å². The quantitative estimate of drug-likeness (QED) is 0.582. The van der Waals surface area contributed by atoms with Gasteiger partial charge in [0.05, 0.1) is 5.56 Å². The van der Waals surface area contributed by atoms with Gasteiger partial charge in [0, 0.05) is 11.1 Å². The molecule has 0 spiro atoms. The van der Waals surface area contributed by atoms with Crippen LogP contribution in [0.3, 0.4) is 0 Å².